The normalized spacial score (nSPS) is 13.5. The number of amides is 1. The molecule has 2 rings (SSSR count). The third-order valence-corrected chi connectivity index (χ3v) is 4.59. The largest absolute Gasteiger partial charge is 0.474 e. The highest BCUT2D eigenvalue weighted by Crippen LogP contribution is 2.27. The maximum Gasteiger partial charge on any atom is 0.357 e. The van der Waals surface area contributed by atoms with Gasteiger partial charge in [0.15, 0.2) is 5.71 Å². The predicted molar refractivity (Wildman–Crippen MR) is 119 cm³/mol. The van der Waals surface area contributed by atoms with Crippen LogP contribution in [0.3, 0.4) is 0 Å². The van der Waals surface area contributed by atoms with Crippen molar-refractivity contribution in [3.05, 3.63) is 71.3 Å². The van der Waals surface area contributed by atoms with Gasteiger partial charge in [0.1, 0.15) is 13.7 Å². The van der Waals surface area contributed by atoms with Gasteiger partial charge >= 0.3 is 5.97 Å². The smallest absolute Gasteiger partial charge is 0.357 e. The quantitative estimate of drug-likeness (QED) is 0.277. The van der Waals surface area contributed by atoms with Crippen molar-refractivity contribution < 1.29 is 28.7 Å². The molecule has 0 saturated heterocycles. The second-order valence-electron chi connectivity index (χ2n) is 6.74. The van der Waals surface area contributed by atoms with E-state index in [-0.39, 0.29) is 18.2 Å². The molecule has 0 aromatic heterocycles. The maximum absolute atomic E-state index is 12.4. The van der Waals surface area contributed by atoms with Crippen LogP contribution in [0.2, 0.25) is 0 Å². The standard InChI is InChI=1S/C23H27N3O6/c1-16(25-32-23(2,22(28)29-4)18-12-7-6-8-13-18)31-15-17-11-9-10-14-19(17)20(26-30-5)21(27)24-3/h6-14H,15H2,1-5H3,(H,24,27)/b25-16+,26-20+. The number of hydrogen-bond donors (Lipinski definition) is 1. The zero-order valence-electron chi connectivity index (χ0n) is 18.7. The van der Waals surface area contributed by atoms with Crippen LogP contribution >= 0.6 is 0 Å². The van der Waals surface area contributed by atoms with E-state index < -0.39 is 17.5 Å². The van der Waals surface area contributed by atoms with Gasteiger partial charge in [-0.05, 0) is 12.5 Å². The fourth-order valence-electron chi connectivity index (χ4n) is 2.82. The van der Waals surface area contributed by atoms with Crippen LogP contribution in [0.25, 0.3) is 0 Å². The van der Waals surface area contributed by atoms with Crippen LogP contribution in [0.5, 0.6) is 0 Å². The van der Waals surface area contributed by atoms with Crippen molar-refractivity contribution in [2.24, 2.45) is 10.3 Å². The lowest BCUT2D eigenvalue weighted by Gasteiger charge is -2.24. The number of ether oxygens (including phenoxy) is 2. The van der Waals surface area contributed by atoms with Crippen LogP contribution in [-0.2, 0) is 40.9 Å². The fourth-order valence-corrected chi connectivity index (χ4v) is 2.82. The molecule has 1 amide bonds. The Hall–Kier alpha value is -3.88. The Morgan fingerprint density at radius 3 is 2.28 bits per heavy atom. The molecule has 0 aliphatic rings. The first-order valence-corrected chi connectivity index (χ1v) is 9.78. The van der Waals surface area contributed by atoms with Crippen LogP contribution in [0, 0.1) is 0 Å². The molecule has 0 spiro atoms. The number of likely N-dealkylation sites (N-methyl/N-ethyl adjacent to an activating group) is 1. The Kier molecular flexibility index (Phi) is 8.76. The third-order valence-electron chi connectivity index (χ3n) is 4.59. The van der Waals surface area contributed by atoms with Gasteiger partial charge in [-0.15, -0.1) is 0 Å². The Morgan fingerprint density at radius 1 is 1.00 bits per heavy atom. The SMILES string of the molecule is CNC(=O)/C(=N/OC)c1ccccc1CO/C(C)=N/OC(C)(C(=O)OC)c1ccccc1. The topological polar surface area (TPSA) is 108 Å². The number of nitrogens with zero attached hydrogens (tertiary/aromatic N) is 2. The third kappa shape index (κ3) is 5.84. The first-order chi connectivity index (χ1) is 15.4. The fraction of sp³-hybridized carbons (Fsp3) is 0.304. The van der Waals surface area contributed by atoms with E-state index in [1.165, 1.54) is 21.3 Å². The molecule has 170 valence electrons. The summed E-state index contributed by atoms with van der Waals surface area (Å²) in [4.78, 5) is 34.9. The van der Waals surface area contributed by atoms with Crippen molar-refractivity contribution in [3.63, 3.8) is 0 Å². The number of nitrogens with one attached hydrogen (secondary N) is 1. The van der Waals surface area contributed by atoms with Crippen LogP contribution in [-0.4, -0.2) is 44.8 Å². The monoisotopic (exact) mass is 441 g/mol. The summed E-state index contributed by atoms with van der Waals surface area (Å²) in [6.07, 6.45) is 0. The van der Waals surface area contributed by atoms with E-state index in [9.17, 15) is 9.59 Å². The number of oxime groups is 2. The van der Waals surface area contributed by atoms with Crippen LogP contribution in [0.15, 0.2) is 64.9 Å². The van der Waals surface area contributed by atoms with Crippen molar-refractivity contribution >= 4 is 23.5 Å². The first kappa shape index (κ1) is 24.4. The Labute approximate surface area is 187 Å². The van der Waals surface area contributed by atoms with Gasteiger partial charge in [0, 0.05) is 25.1 Å². The van der Waals surface area contributed by atoms with Crippen LogP contribution < -0.4 is 5.32 Å². The van der Waals surface area contributed by atoms with Crippen molar-refractivity contribution in [3.8, 4) is 0 Å². The Balaban J connectivity index is 2.20. The van der Waals surface area contributed by atoms with Gasteiger partial charge in [0.2, 0.25) is 5.90 Å². The van der Waals surface area contributed by atoms with E-state index in [2.05, 4.69) is 15.6 Å². The van der Waals surface area contributed by atoms with E-state index in [0.29, 0.717) is 16.7 Å². The Morgan fingerprint density at radius 2 is 1.66 bits per heavy atom. The minimum Gasteiger partial charge on any atom is -0.474 e. The summed E-state index contributed by atoms with van der Waals surface area (Å²) >= 11 is 0. The number of esters is 1. The van der Waals surface area contributed by atoms with E-state index in [4.69, 9.17) is 19.1 Å². The van der Waals surface area contributed by atoms with E-state index in [0.717, 1.165) is 0 Å². The molecule has 2 aromatic rings. The molecule has 1 atom stereocenters. The summed E-state index contributed by atoms with van der Waals surface area (Å²) < 4.78 is 10.6. The summed E-state index contributed by atoms with van der Waals surface area (Å²) in [5.41, 5.74) is 0.476. The summed E-state index contributed by atoms with van der Waals surface area (Å²) in [5.74, 6) is -0.822. The molecule has 0 fully saturated rings. The number of carbonyl (C=O) groups excluding carboxylic acids is 2. The van der Waals surface area contributed by atoms with Gasteiger partial charge in [0.05, 0.1) is 7.11 Å². The van der Waals surface area contributed by atoms with E-state index in [1.54, 1.807) is 56.3 Å². The molecule has 0 aliphatic heterocycles. The summed E-state index contributed by atoms with van der Waals surface area (Å²) in [5, 5.41) is 10.3. The lowest BCUT2D eigenvalue weighted by Crippen LogP contribution is -2.35. The number of hydrogen-bond acceptors (Lipinski definition) is 8. The average molecular weight is 441 g/mol. The number of methoxy groups -OCH3 is 1. The minimum absolute atomic E-state index is 0.0782. The molecule has 1 N–H and O–H groups in total. The van der Waals surface area contributed by atoms with Gasteiger partial charge < -0.3 is 24.5 Å². The molecule has 9 nitrogen and oxygen atoms in total. The highest BCUT2D eigenvalue weighted by atomic mass is 16.7. The predicted octanol–water partition coefficient (Wildman–Crippen LogP) is 2.74. The van der Waals surface area contributed by atoms with Crippen LogP contribution in [0.1, 0.15) is 30.5 Å². The molecule has 1 unspecified atom stereocenters. The molecule has 2 aromatic carbocycles. The van der Waals surface area contributed by atoms with E-state index >= 15 is 0 Å². The molecule has 0 saturated carbocycles. The molecular weight excluding hydrogens is 414 g/mol. The zero-order valence-corrected chi connectivity index (χ0v) is 18.7. The van der Waals surface area contributed by atoms with Gasteiger partial charge in [-0.1, -0.05) is 64.9 Å². The van der Waals surface area contributed by atoms with Crippen molar-refractivity contribution in [2.45, 2.75) is 26.1 Å². The van der Waals surface area contributed by atoms with Gasteiger partial charge in [0.25, 0.3) is 11.5 Å². The Bertz CT molecular complexity index is 990. The lowest BCUT2D eigenvalue weighted by atomic mass is 9.96. The molecule has 32 heavy (non-hydrogen) atoms. The minimum atomic E-state index is -1.45. The molecule has 9 heteroatoms. The molecule has 0 aliphatic carbocycles. The molecular formula is C23H27N3O6. The van der Waals surface area contributed by atoms with Gasteiger partial charge in [-0.2, -0.15) is 0 Å². The maximum atomic E-state index is 12.4. The van der Waals surface area contributed by atoms with Crippen LogP contribution in [0.4, 0.5) is 0 Å². The number of benzene rings is 2. The number of rotatable bonds is 9. The highest BCUT2D eigenvalue weighted by molar-refractivity contribution is 6.45. The summed E-state index contributed by atoms with van der Waals surface area (Å²) in [7, 11) is 4.15. The summed E-state index contributed by atoms with van der Waals surface area (Å²) in [6.45, 7) is 3.24. The molecule has 0 radical (unpaired) electrons. The zero-order chi connectivity index (χ0) is 23.6. The molecule has 0 heterocycles. The highest BCUT2D eigenvalue weighted by Gasteiger charge is 2.40. The van der Waals surface area contributed by atoms with E-state index in [1.807, 2.05) is 12.1 Å². The second kappa shape index (κ2) is 11.5. The van der Waals surface area contributed by atoms with Crippen molar-refractivity contribution in [2.75, 3.05) is 21.3 Å². The number of carbonyl (C=O) groups is 2. The van der Waals surface area contributed by atoms with Crippen molar-refractivity contribution in [1.82, 2.24) is 5.32 Å². The molecule has 0 bridgehead atoms. The second-order valence-corrected chi connectivity index (χ2v) is 6.74. The van der Waals surface area contributed by atoms with Gasteiger partial charge in [-0.3, -0.25) is 4.79 Å². The lowest BCUT2D eigenvalue weighted by molar-refractivity contribution is -0.169. The van der Waals surface area contributed by atoms with Gasteiger partial charge in [-0.25, -0.2) is 4.79 Å². The summed E-state index contributed by atoms with van der Waals surface area (Å²) in [6, 6.07) is 16.0. The first-order valence-electron chi connectivity index (χ1n) is 9.78. The average Bonchev–Trinajstić information content (AvgIpc) is 2.84. The van der Waals surface area contributed by atoms with Crippen molar-refractivity contribution in [1.29, 1.82) is 0 Å².